The van der Waals surface area contributed by atoms with Crippen molar-refractivity contribution in [3.05, 3.63) is 59.2 Å². The van der Waals surface area contributed by atoms with E-state index in [4.69, 9.17) is 0 Å². The molecule has 0 unspecified atom stereocenters. The first-order valence-corrected chi connectivity index (χ1v) is 10.2. The molecule has 0 aliphatic carbocycles. The number of amides is 1. The number of thiazole rings is 1. The highest BCUT2D eigenvalue weighted by Crippen LogP contribution is 2.32. The fourth-order valence-electron chi connectivity index (χ4n) is 2.91. The van der Waals surface area contributed by atoms with Crippen molar-refractivity contribution in [2.75, 3.05) is 32.1 Å². The van der Waals surface area contributed by atoms with E-state index in [1.165, 1.54) is 11.0 Å². The number of aromatic nitrogens is 1. The summed E-state index contributed by atoms with van der Waals surface area (Å²) in [5.74, 6) is -1.60. The maximum absolute atomic E-state index is 14.1. The fourth-order valence-corrected chi connectivity index (χ4v) is 3.94. The van der Waals surface area contributed by atoms with Gasteiger partial charge in [-0.3, -0.25) is 9.69 Å². The van der Waals surface area contributed by atoms with Gasteiger partial charge in [-0.25, -0.2) is 13.8 Å². The fraction of sp³-hybridized carbons (Fsp3) is 0.364. The van der Waals surface area contributed by atoms with E-state index in [-0.39, 0.29) is 29.2 Å². The maximum Gasteiger partial charge on any atom is 0.260 e. The first kappa shape index (κ1) is 24.2. The van der Waals surface area contributed by atoms with E-state index in [1.54, 1.807) is 12.1 Å². The molecule has 3 aromatic rings. The minimum atomic E-state index is -0.725. The zero-order valence-electron chi connectivity index (χ0n) is 17.7. The number of benzene rings is 2. The van der Waals surface area contributed by atoms with E-state index in [1.807, 2.05) is 31.1 Å². The summed E-state index contributed by atoms with van der Waals surface area (Å²) in [5, 5.41) is 0.358. The van der Waals surface area contributed by atoms with Crippen LogP contribution in [-0.4, -0.2) is 43.0 Å². The SMILES string of the molecule is CN(C)CCN(C(=O)c1ccc(C(C)(C)C)cc1)c1nc2c(F)cc(F)cc2s1.Cl. The number of nitrogens with zero attached hydrogens (tertiary/aromatic N) is 3. The van der Waals surface area contributed by atoms with Crippen LogP contribution in [0.2, 0.25) is 0 Å². The minimum absolute atomic E-state index is 0. The molecule has 4 nitrogen and oxygen atoms in total. The highest BCUT2D eigenvalue weighted by Gasteiger charge is 2.23. The van der Waals surface area contributed by atoms with E-state index in [0.717, 1.165) is 23.0 Å². The molecule has 0 saturated heterocycles. The van der Waals surface area contributed by atoms with Crippen LogP contribution in [0.5, 0.6) is 0 Å². The summed E-state index contributed by atoms with van der Waals surface area (Å²) in [6.07, 6.45) is 0. The van der Waals surface area contributed by atoms with Crippen molar-refractivity contribution < 1.29 is 13.6 Å². The molecule has 0 spiro atoms. The molecule has 0 atom stereocenters. The monoisotopic (exact) mass is 453 g/mol. The molecule has 0 bridgehead atoms. The second-order valence-electron chi connectivity index (χ2n) is 8.32. The van der Waals surface area contributed by atoms with Crippen LogP contribution in [0, 0.1) is 11.6 Å². The summed E-state index contributed by atoms with van der Waals surface area (Å²) in [6, 6.07) is 9.56. The Morgan fingerprint density at radius 2 is 1.70 bits per heavy atom. The number of hydrogen-bond acceptors (Lipinski definition) is 4. The third-order valence-corrected chi connectivity index (χ3v) is 5.67. The lowest BCUT2D eigenvalue weighted by molar-refractivity contribution is 0.0985. The molecule has 0 fully saturated rings. The van der Waals surface area contributed by atoms with Crippen LogP contribution in [0.25, 0.3) is 10.2 Å². The number of likely N-dealkylation sites (N-methyl/N-ethyl adjacent to an activating group) is 1. The standard InChI is InChI=1S/C22H25F2N3OS.ClH/c1-22(2,3)15-8-6-14(7-9-15)20(28)27(11-10-26(4)5)21-25-19-17(24)12-16(23)13-18(19)29-21;/h6-9,12-13H,10-11H2,1-5H3;1H. The quantitative estimate of drug-likeness (QED) is 0.511. The lowest BCUT2D eigenvalue weighted by Gasteiger charge is -2.23. The van der Waals surface area contributed by atoms with Gasteiger partial charge in [-0.2, -0.15) is 0 Å². The van der Waals surface area contributed by atoms with Crippen LogP contribution in [0.3, 0.4) is 0 Å². The summed E-state index contributed by atoms with van der Waals surface area (Å²) in [4.78, 5) is 21.0. The van der Waals surface area contributed by atoms with Crippen LogP contribution in [-0.2, 0) is 5.41 Å². The van der Waals surface area contributed by atoms with Crippen molar-refractivity contribution in [2.24, 2.45) is 0 Å². The molecule has 0 aliphatic heterocycles. The van der Waals surface area contributed by atoms with Crippen LogP contribution >= 0.6 is 23.7 Å². The van der Waals surface area contributed by atoms with Gasteiger partial charge in [-0.05, 0) is 43.3 Å². The largest absolute Gasteiger partial charge is 0.308 e. The summed E-state index contributed by atoms with van der Waals surface area (Å²) >= 11 is 1.11. The highest BCUT2D eigenvalue weighted by molar-refractivity contribution is 7.22. The van der Waals surface area contributed by atoms with Crippen molar-refractivity contribution in [3.63, 3.8) is 0 Å². The van der Waals surface area contributed by atoms with Gasteiger partial charge in [-0.15, -0.1) is 12.4 Å². The molecule has 2 aromatic carbocycles. The molecule has 0 N–H and O–H groups in total. The van der Waals surface area contributed by atoms with Gasteiger partial charge in [0.25, 0.3) is 5.91 Å². The summed E-state index contributed by atoms with van der Waals surface area (Å²) in [7, 11) is 3.82. The number of hydrogen-bond donors (Lipinski definition) is 0. The number of carbonyl (C=O) groups excluding carboxylic acids is 1. The Balaban J connectivity index is 0.00000320. The van der Waals surface area contributed by atoms with Crippen molar-refractivity contribution in [3.8, 4) is 0 Å². The van der Waals surface area contributed by atoms with Crippen molar-refractivity contribution in [1.82, 2.24) is 9.88 Å². The summed E-state index contributed by atoms with van der Waals surface area (Å²) in [6.45, 7) is 7.33. The van der Waals surface area contributed by atoms with Gasteiger partial charge in [0.15, 0.2) is 10.9 Å². The Hall–Kier alpha value is -2.09. The van der Waals surface area contributed by atoms with Crippen LogP contribution in [0.15, 0.2) is 36.4 Å². The van der Waals surface area contributed by atoms with E-state index >= 15 is 0 Å². The molecule has 8 heteroatoms. The summed E-state index contributed by atoms with van der Waals surface area (Å²) < 4.78 is 28.1. The van der Waals surface area contributed by atoms with E-state index in [0.29, 0.717) is 28.5 Å². The molecule has 1 heterocycles. The Labute approximate surface area is 185 Å². The molecule has 0 saturated carbocycles. The number of fused-ring (bicyclic) bond motifs is 1. The predicted molar refractivity (Wildman–Crippen MR) is 122 cm³/mol. The number of carbonyl (C=O) groups is 1. The Morgan fingerprint density at radius 3 is 2.27 bits per heavy atom. The second kappa shape index (κ2) is 9.37. The van der Waals surface area contributed by atoms with Crippen LogP contribution < -0.4 is 4.90 Å². The number of rotatable bonds is 5. The number of anilines is 1. The van der Waals surface area contributed by atoms with E-state index in [9.17, 15) is 13.6 Å². The Kier molecular flexibility index (Phi) is 7.55. The lowest BCUT2D eigenvalue weighted by Crippen LogP contribution is -2.36. The molecule has 162 valence electrons. The number of halogens is 3. The smallest absolute Gasteiger partial charge is 0.260 e. The summed E-state index contributed by atoms with van der Waals surface area (Å²) in [5.41, 5.74) is 1.73. The van der Waals surface area contributed by atoms with Gasteiger partial charge >= 0.3 is 0 Å². The molecular weight excluding hydrogens is 428 g/mol. The first-order chi connectivity index (χ1) is 13.6. The topological polar surface area (TPSA) is 36.4 Å². The first-order valence-electron chi connectivity index (χ1n) is 9.39. The van der Waals surface area contributed by atoms with Gasteiger partial charge in [0.2, 0.25) is 0 Å². The van der Waals surface area contributed by atoms with Crippen molar-refractivity contribution in [1.29, 1.82) is 0 Å². The normalized spacial score (nSPS) is 11.6. The zero-order valence-corrected chi connectivity index (χ0v) is 19.3. The van der Waals surface area contributed by atoms with Gasteiger partial charge in [0.05, 0.1) is 4.70 Å². The molecule has 0 aliphatic rings. The van der Waals surface area contributed by atoms with Crippen LogP contribution in [0.4, 0.5) is 13.9 Å². The molecular formula is C22H26ClF2N3OS. The van der Waals surface area contributed by atoms with Crippen LogP contribution in [0.1, 0.15) is 36.7 Å². The van der Waals surface area contributed by atoms with Crippen molar-refractivity contribution in [2.45, 2.75) is 26.2 Å². The minimum Gasteiger partial charge on any atom is -0.308 e. The predicted octanol–water partition coefficient (Wildman–Crippen LogP) is 5.50. The average Bonchev–Trinajstić information content (AvgIpc) is 3.05. The molecule has 0 radical (unpaired) electrons. The third-order valence-electron chi connectivity index (χ3n) is 4.65. The van der Waals surface area contributed by atoms with Gasteiger partial charge in [-0.1, -0.05) is 44.2 Å². The molecule has 1 amide bonds. The van der Waals surface area contributed by atoms with E-state index in [2.05, 4.69) is 25.8 Å². The van der Waals surface area contributed by atoms with E-state index < -0.39 is 11.6 Å². The Morgan fingerprint density at radius 1 is 1.07 bits per heavy atom. The average molecular weight is 454 g/mol. The second-order valence-corrected chi connectivity index (χ2v) is 9.33. The highest BCUT2D eigenvalue weighted by atomic mass is 35.5. The molecule has 3 rings (SSSR count). The van der Waals surface area contributed by atoms with Gasteiger partial charge in [0, 0.05) is 24.7 Å². The maximum atomic E-state index is 14.1. The third kappa shape index (κ3) is 5.33. The zero-order chi connectivity index (χ0) is 21.3. The Bertz CT molecular complexity index is 1030. The molecule has 1 aromatic heterocycles. The van der Waals surface area contributed by atoms with Gasteiger partial charge in [0.1, 0.15) is 11.3 Å². The van der Waals surface area contributed by atoms with Gasteiger partial charge < -0.3 is 4.90 Å². The lowest BCUT2D eigenvalue weighted by atomic mass is 9.86. The molecule has 30 heavy (non-hydrogen) atoms. The van der Waals surface area contributed by atoms with Crippen molar-refractivity contribution >= 4 is 45.0 Å².